The quantitative estimate of drug-likeness (QED) is 0.733. The molecule has 0 aromatic carbocycles. The lowest BCUT2D eigenvalue weighted by Crippen LogP contribution is -2.48. The first-order valence-electron chi connectivity index (χ1n) is 3.93. The molecule has 0 radical (unpaired) electrons. The van der Waals surface area contributed by atoms with E-state index in [2.05, 4.69) is 4.74 Å². The van der Waals surface area contributed by atoms with Crippen molar-refractivity contribution in [3.8, 4) is 0 Å². The normalized spacial score (nSPS) is 19.4. The predicted molar refractivity (Wildman–Crippen MR) is 38.2 cm³/mol. The molecule has 0 heterocycles. The van der Waals surface area contributed by atoms with Gasteiger partial charge in [-0.3, -0.25) is 0 Å². The van der Waals surface area contributed by atoms with E-state index in [1.54, 1.807) is 0 Å². The van der Waals surface area contributed by atoms with Gasteiger partial charge in [-0.25, -0.2) is 4.79 Å². The van der Waals surface area contributed by atoms with Crippen molar-refractivity contribution in [3.05, 3.63) is 0 Å². The molecule has 0 aromatic rings. The Morgan fingerprint density at radius 1 is 1.54 bits per heavy atom. The van der Waals surface area contributed by atoms with Crippen molar-refractivity contribution in [2.24, 2.45) is 0 Å². The second-order valence-corrected chi connectivity index (χ2v) is 2.93. The second-order valence-electron chi connectivity index (χ2n) is 2.93. The highest BCUT2D eigenvalue weighted by Gasteiger charge is 2.64. The summed E-state index contributed by atoms with van der Waals surface area (Å²) in [6, 6.07) is 0. The van der Waals surface area contributed by atoms with Crippen LogP contribution in [0.1, 0.15) is 19.8 Å². The zero-order valence-electron chi connectivity index (χ0n) is 7.07. The van der Waals surface area contributed by atoms with Gasteiger partial charge in [-0.05, 0) is 19.8 Å². The molecular formula is C7H10F3NO2. The summed E-state index contributed by atoms with van der Waals surface area (Å²) in [6.07, 6.45) is -5.50. The van der Waals surface area contributed by atoms with Crippen LogP contribution in [0, 0.1) is 0 Å². The fourth-order valence-electron chi connectivity index (χ4n) is 0.967. The fraction of sp³-hybridized carbons (Fsp3) is 0.857. The largest absolute Gasteiger partial charge is 0.450 e. The van der Waals surface area contributed by atoms with Crippen molar-refractivity contribution >= 4 is 6.09 Å². The summed E-state index contributed by atoms with van der Waals surface area (Å²) in [5.41, 5.74) is -2.01. The van der Waals surface area contributed by atoms with Crippen LogP contribution >= 0.6 is 0 Å². The fourth-order valence-corrected chi connectivity index (χ4v) is 0.967. The number of hydrogen-bond acceptors (Lipinski definition) is 2. The lowest BCUT2D eigenvalue weighted by Gasteiger charge is -2.19. The molecule has 0 aliphatic heterocycles. The number of hydrogen-bond donors (Lipinski definition) is 1. The molecule has 1 aliphatic rings. The third-order valence-electron chi connectivity index (χ3n) is 1.91. The number of rotatable bonds is 2. The van der Waals surface area contributed by atoms with Crippen molar-refractivity contribution in [2.75, 3.05) is 6.61 Å². The third-order valence-corrected chi connectivity index (χ3v) is 1.91. The Labute approximate surface area is 73.2 Å². The molecule has 13 heavy (non-hydrogen) atoms. The van der Waals surface area contributed by atoms with Gasteiger partial charge < -0.3 is 10.1 Å². The van der Waals surface area contributed by atoms with Gasteiger partial charge in [0.1, 0.15) is 5.54 Å². The molecule has 0 bridgehead atoms. The second kappa shape index (κ2) is 3.08. The average molecular weight is 197 g/mol. The summed E-state index contributed by atoms with van der Waals surface area (Å²) in [6.45, 7) is 1.60. The van der Waals surface area contributed by atoms with E-state index in [9.17, 15) is 18.0 Å². The van der Waals surface area contributed by atoms with Crippen molar-refractivity contribution in [2.45, 2.75) is 31.5 Å². The molecule has 1 N–H and O–H groups in total. The Bertz CT molecular complexity index is 210. The number of carbonyl (C=O) groups excluding carboxylic acids is 1. The van der Waals surface area contributed by atoms with Crippen LogP contribution in [0.3, 0.4) is 0 Å². The lowest BCUT2D eigenvalue weighted by atomic mass is 10.3. The monoisotopic (exact) mass is 197 g/mol. The molecule has 1 amide bonds. The lowest BCUT2D eigenvalue weighted by molar-refractivity contribution is -0.164. The number of nitrogens with one attached hydrogen (secondary N) is 1. The van der Waals surface area contributed by atoms with Gasteiger partial charge in [-0.1, -0.05) is 0 Å². The van der Waals surface area contributed by atoms with E-state index < -0.39 is 17.8 Å². The number of alkyl halides is 3. The SMILES string of the molecule is CCOC(=O)NC1(C(F)(F)F)CC1. The van der Waals surface area contributed by atoms with Crippen LogP contribution in [-0.4, -0.2) is 24.4 Å². The first kappa shape index (κ1) is 10.1. The molecule has 0 unspecified atom stereocenters. The molecule has 6 heteroatoms. The maximum atomic E-state index is 12.2. The van der Waals surface area contributed by atoms with E-state index in [1.807, 2.05) is 5.32 Å². The molecule has 0 aromatic heterocycles. The Balaban J connectivity index is 2.49. The van der Waals surface area contributed by atoms with E-state index in [0.717, 1.165) is 0 Å². The summed E-state index contributed by atoms with van der Waals surface area (Å²) in [7, 11) is 0. The number of alkyl carbamates (subject to hydrolysis) is 1. The summed E-state index contributed by atoms with van der Waals surface area (Å²) >= 11 is 0. The molecule has 1 rings (SSSR count). The Morgan fingerprint density at radius 3 is 2.38 bits per heavy atom. The third kappa shape index (κ3) is 2.05. The number of ether oxygens (including phenoxy) is 1. The van der Waals surface area contributed by atoms with E-state index in [0.29, 0.717) is 0 Å². The zero-order valence-corrected chi connectivity index (χ0v) is 7.07. The van der Waals surface area contributed by atoms with Crippen molar-refractivity contribution in [1.82, 2.24) is 5.32 Å². The molecule has 1 fully saturated rings. The van der Waals surface area contributed by atoms with Gasteiger partial charge in [-0.2, -0.15) is 13.2 Å². The van der Waals surface area contributed by atoms with E-state index in [4.69, 9.17) is 0 Å². The Kier molecular flexibility index (Phi) is 2.40. The molecule has 0 atom stereocenters. The summed E-state index contributed by atoms with van der Waals surface area (Å²) in [5.74, 6) is 0. The van der Waals surface area contributed by atoms with E-state index in [-0.39, 0.29) is 19.4 Å². The maximum absolute atomic E-state index is 12.2. The highest BCUT2D eigenvalue weighted by molar-refractivity contribution is 5.69. The van der Waals surface area contributed by atoms with Crippen LogP contribution in [0.5, 0.6) is 0 Å². The summed E-state index contributed by atoms with van der Waals surface area (Å²) < 4.78 is 41.0. The van der Waals surface area contributed by atoms with Gasteiger partial charge in [0.25, 0.3) is 0 Å². The summed E-state index contributed by atoms with van der Waals surface area (Å²) in [4.78, 5) is 10.7. The molecule has 1 saturated carbocycles. The van der Waals surface area contributed by atoms with Gasteiger partial charge in [0.2, 0.25) is 0 Å². The Hall–Kier alpha value is -0.940. The smallest absolute Gasteiger partial charge is 0.411 e. The molecule has 76 valence electrons. The van der Waals surface area contributed by atoms with Crippen LogP contribution in [-0.2, 0) is 4.74 Å². The van der Waals surface area contributed by atoms with Crippen LogP contribution in [0.4, 0.5) is 18.0 Å². The standard InChI is InChI=1S/C7H10F3NO2/c1-2-13-5(12)11-6(3-4-6)7(8,9)10/h2-4H2,1H3,(H,11,12). The minimum absolute atomic E-state index is 0.0602. The maximum Gasteiger partial charge on any atom is 0.411 e. The van der Waals surface area contributed by atoms with Crippen LogP contribution in [0.15, 0.2) is 0 Å². The molecular weight excluding hydrogens is 187 g/mol. The topological polar surface area (TPSA) is 38.3 Å². The molecule has 0 spiro atoms. The predicted octanol–water partition coefficient (Wildman–Crippen LogP) is 1.83. The van der Waals surface area contributed by atoms with Gasteiger partial charge in [0.15, 0.2) is 0 Å². The minimum Gasteiger partial charge on any atom is -0.450 e. The summed E-state index contributed by atoms with van der Waals surface area (Å²) in [5, 5.41) is 1.82. The molecule has 3 nitrogen and oxygen atoms in total. The first-order valence-corrected chi connectivity index (χ1v) is 3.93. The van der Waals surface area contributed by atoms with Crippen molar-refractivity contribution in [3.63, 3.8) is 0 Å². The number of halogens is 3. The molecule has 1 aliphatic carbocycles. The average Bonchev–Trinajstić information content (AvgIpc) is 2.67. The molecule has 0 saturated heterocycles. The van der Waals surface area contributed by atoms with Gasteiger partial charge in [0, 0.05) is 0 Å². The van der Waals surface area contributed by atoms with Gasteiger partial charge in [-0.15, -0.1) is 0 Å². The van der Waals surface area contributed by atoms with Gasteiger partial charge in [0.05, 0.1) is 6.61 Å². The first-order chi connectivity index (χ1) is 5.91. The van der Waals surface area contributed by atoms with E-state index >= 15 is 0 Å². The number of amides is 1. The highest BCUT2D eigenvalue weighted by Crippen LogP contribution is 2.48. The minimum atomic E-state index is -4.38. The van der Waals surface area contributed by atoms with Crippen LogP contribution in [0.25, 0.3) is 0 Å². The van der Waals surface area contributed by atoms with Gasteiger partial charge >= 0.3 is 12.3 Å². The Morgan fingerprint density at radius 2 is 2.08 bits per heavy atom. The van der Waals surface area contributed by atoms with Crippen molar-refractivity contribution in [1.29, 1.82) is 0 Å². The van der Waals surface area contributed by atoms with Crippen molar-refractivity contribution < 1.29 is 22.7 Å². The van der Waals surface area contributed by atoms with Crippen LogP contribution in [0.2, 0.25) is 0 Å². The highest BCUT2D eigenvalue weighted by atomic mass is 19.4. The number of carbonyl (C=O) groups is 1. The zero-order chi connectivity index (χ0) is 10.1. The van der Waals surface area contributed by atoms with E-state index in [1.165, 1.54) is 6.92 Å². The van der Waals surface area contributed by atoms with Crippen LogP contribution < -0.4 is 5.32 Å².